The van der Waals surface area contributed by atoms with Crippen LogP contribution in [0.4, 0.5) is 0 Å². The Labute approximate surface area is 118 Å². The first-order valence-corrected chi connectivity index (χ1v) is 7.01. The molecular weight excluding hydrogens is 256 g/mol. The number of aryl methyl sites for hydroxylation is 2. The highest BCUT2D eigenvalue weighted by atomic mass is 16.5. The summed E-state index contributed by atoms with van der Waals surface area (Å²) in [6.07, 6.45) is 2.62. The minimum atomic E-state index is -0.0168. The molecule has 1 aliphatic heterocycles. The lowest BCUT2D eigenvalue weighted by Gasteiger charge is -2.31. The molecule has 0 aromatic carbocycles. The average Bonchev–Trinajstić information content (AvgIpc) is 3.08. The van der Waals surface area contributed by atoms with Crippen molar-refractivity contribution in [2.75, 3.05) is 19.7 Å². The highest BCUT2D eigenvalue weighted by molar-refractivity contribution is 5.07. The molecule has 6 heteroatoms. The second-order valence-corrected chi connectivity index (χ2v) is 5.12. The van der Waals surface area contributed by atoms with Gasteiger partial charge in [-0.1, -0.05) is 6.92 Å². The Kier molecular flexibility index (Phi) is 3.84. The molecule has 0 saturated carbocycles. The van der Waals surface area contributed by atoms with Gasteiger partial charge in [-0.25, -0.2) is 0 Å². The lowest BCUT2D eigenvalue weighted by Crippen LogP contribution is -2.38. The molecule has 6 nitrogen and oxygen atoms in total. The van der Waals surface area contributed by atoms with E-state index >= 15 is 0 Å². The van der Waals surface area contributed by atoms with Crippen molar-refractivity contribution in [2.24, 2.45) is 7.05 Å². The van der Waals surface area contributed by atoms with E-state index in [1.807, 2.05) is 11.6 Å². The molecular formula is C14H20N4O2. The third-order valence-electron chi connectivity index (χ3n) is 3.63. The van der Waals surface area contributed by atoms with Crippen LogP contribution in [0.25, 0.3) is 0 Å². The zero-order chi connectivity index (χ0) is 13.9. The Hall–Kier alpha value is -1.66. The zero-order valence-electron chi connectivity index (χ0n) is 12.0. The molecule has 1 fully saturated rings. The molecule has 0 N–H and O–H groups in total. The Balaban J connectivity index is 1.65. The molecule has 20 heavy (non-hydrogen) atoms. The predicted molar refractivity (Wildman–Crippen MR) is 73.1 cm³/mol. The van der Waals surface area contributed by atoms with Gasteiger partial charge in [0, 0.05) is 26.6 Å². The normalized spacial score (nSPS) is 20.4. The highest BCUT2D eigenvalue weighted by Crippen LogP contribution is 2.21. The van der Waals surface area contributed by atoms with Gasteiger partial charge in [0.15, 0.2) is 5.82 Å². The number of hydrogen-bond donors (Lipinski definition) is 0. The summed E-state index contributed by atoms with van der Waals surface area (Å²) >= 11 is 0. The summed E-state index contributed by atoms with van der Waals surface area (Å²) in [7, 11) is 1.94. The van der Waals surface area contributed by atoms with Crippen LogP contribution in [-0.2, 0) is 24.8 Å². The van der Waals surface area contributed by atoms with Gasteiger partial charge in [0.25, 0.3) is 0 Å². The van der Waals surface area contributed by atoms with Crippen molar-refractivity contribution in [1.82, 2.24) is 19.7 Å². The van der Waals surface area contributed by atoms with Gasteiger partial charge < -0.3 is 13.7 Å². The summed E-state index contributed by atoms with van der Waals surface area (Å²) < 4.78 is 13.5. The van der Waals surface area contributed by atoms with Crippen LogP contribution in [0.15, 0.2) is 22.9 Å². The Bertz CT molecular complexity index is 563. The van der Waals surface area contributed by atoms with Gasteiger partial charge in [-0.2, -0.15) is 0 Å². The van der Waals surface area contributed by atoms with E-state index in [4.69, 9.17) is 9.15 Å². The lowest BCUT2D eigenvalue weighted by atomic mass is 10.2. The molecule has 3 heterocycles. The van der Waals surface area contributed by atoms with Gasteiger partial charge in [0.2, 0.25) is 0 Å². The molecule has 0 bridgehead atoms. The maximum absolute atomic E-state index is 5.80. The second-order valence-electron chi connectivity index (χ2n) is 5.12. The van der Waals surface area contributed by atoms with Gasteiger partial charge in [0.05, 0.1) is 13.2 Å². The van der Waals surface area contributed by atoms with E-state index in [2.05, 4.69) is 34.2 Å². The van der Waals surface area contributed by atoms with Crippen LogP contribution in [0.3, 0.4) is 0 Å². The average molecular weight is 276 g/mol. The van der Waals surface area contributed by atoms with E-state index in [0.29, 0.717) is 6.61 Å². The van der Waals surface area contributed by atoms with Crippen LogP contribution in [0.5, 0.6) is 0 Å². The molecule has 2 aromatic rings. The molecule has 3 rings (SSSR count). The monoisotopic (exact) mass is 276 g/mol. The van der Waals surface area contributed by atoms with Crippen molar-refractivity contribution < 1.29 is 9.15 Å². The van der Waals surface area contributed by atoms with E-state index in [-0.39, 0.29) is 6.10 Å². The summed E-state index contributed by atoms with van der Waals surface area (Å²) in [6.45, 7) is 5.35. The van der Waals surface area contributed by atoms with Gasteiger partial charge in [-0.3, -0.25) is 4.90 Å². The van der Waals surface area contributed by atoms with Crippen molar-refractivity contribution in [1.29, 1.82) is 0 Å². The fourth-order valence-corrected chi connectivity index (χ4v) is 2.50. The Morgan fingerprint density at radius 2 is 2.20 bits per heavy atom. The molecule has 0 aliphatic carbocycles. The molecule has 0 unspecified atom stereocenters. The standard InChI is InChI=1S/C14H20N4O2/c1-3-11-4-5-12(20-11)8-18-6-7-19-13(9-18)14-16-15-10-17(14)2/h4-5,10,13H,3,6-9H2,1-2H3/t13-/m0/s1. The summed E-state index contributed by atoms with van der Waals surface area (Å²) in [5.41, 5.74) is 0. The first-order chi connectivity index (χ1) is 9.76. The van der Waals surface area contributed by atoms with Crippen molar-refractivity contribution in [3.8, 4) is 0 Å². The molecule has 0 amide bonds. The van der Waals surface area contributed by atoms with Crippen molar-refractivity contribution in [3.63, 3.8) is 0 Å². The topological polar surface area (TPSA) is 56.3 Å². The Morgan fingerprint density at radius 1 is 1.35 bits per heavy atom. The van der Waals surface area contributed by atoms with Gasteiger partial charge >= 0.3 is 0 Å². The largest absolute Gasteiger partial charge is 0.465 e. The third kappa shape index (κ3) is 2.76. The molecule has 2 aromatic heterocycles. The van der Waals surface area contributed by atoms with Crippen molar-refractivity contribution >= 4 is 0 Å². The van der Waals surface area contributed by atoms with Crippen LogP contribution in [-0.4, -0.2) is 39.4 Å². The van der Waals surface area contributed by atoms with Gasteiger partial charge in [-0.05, 0) is 12.1 Å². The minimum absolute atomic E-state index is 0.0168. The van der Waals surface area contributed by atoms with Crippen LogP contribution in [0.1, 0.15) is 30.4 Å². The molecule has 1 saturated heterocycles. The summed E-state index contributed by atoms with van der Waals surface area (Å²) in [5.74, 6) is 2.93. The number of ether oxygens (including phenoxy) is 1. The number of furan rings is 1. The summed E-state index contributed by atoms with van der Waals surface area (Å²) in [4.78, 5) is 2.33. The molecule has 0 radical (unpaired) electrons. The Morgan fingerprint density at radius 3 is 2.90 bits per heavy atom. The van der Waals surface area contributed by atoms with Crippen LogP contribution >= 0.6 is 0 Å². The number of hydrogen-bond acceptors (Lipinski definition) is 5. The fraction of sp³-hybridized carbons (Fsp3) is 0.571. The maximum Gasteiger partial charge on any atom is 0.163 e. The third-order valence-corrected chi connectivity index (χ3v) is 3.63. The zero-order valence-corrected chi connectivity index (χ0v) is 12.0. The van der Waals surface area contributed by atoms with E-state index < -0.39 is 0 Å². The van der Waals surface area contributed by atoms with Gasteiger partial charge in [-0.15, -0.1) is 10.2 Å². The first-order valence-electron chi connectivity index (χ1n) is 7.01. The molecule has 1 atom stereocenters. The molecule has 108 valence electrons. The van der Waals surface area contributed by atoms with E-state index in [9.17, 15) is 0 Å². The second kappa shape index (κ2) is 5.76. The van der Waals surface area contributed by atoms with Crippen LogP contribution in [0.2, 0.25) is 0 Å². The molecule has 0 spiro atoms. The number of morpholine rings is 1. The molecule has 1 aliphatic rings. The van der Waals surface area contributed by atoms with Gasteiger partial charge in [0.1, 0.15) is 24.0 Å². The summed E-state index contributed by atoms with van der Waals surface area (Å²) in [6, 6.07) is 4.11. The van der Waals surface area contributed by atoms with E-state index in [0.717, 1.165) is 43.4 Å². The minimum Gasteiger partial charge on any atom is -0.465 e. The van der Waals surface area contributed by atoms with E-state index in [1.54, 1.807) is 6.33 Å². The lowest BCUT2D eigenvalue weighted by molar-refractivity contribution is -0.0403. The predicted octanol–water partition coefficient (Wildman–Crippen LogP) is 1.54. The number of aromatic nitrogens is 3. The van der Waals surface area contributed by atoms with E-state index in [1.165, 1.54) is 0 Å². The fourth-order valence-electron chi connectivity index (χ4n) is 2.50. The van der Waals surface area contributed by atoms with Crippen LogP contribution in [0, 0.1) is 0 Å². The smallest absolute Gasteiger partial charge is 0.163 e. The SMILES string of the molecule is CCc1ccc(CN2CCO[C@H](c3nncn3C)C2)o1. The summed E-state index contributed by atoms with van der Waals surface area (Å²) in [5, 5.41) is 8.05. The first kappa shape index (κ1) is 13.3. The van der Waals surface area contributed by atoms with Crippen molar-refractivity contribution in [2.45, 2.75) is 26.0 Å². The van der Waals surface area contributed by atoms with Crippen LogP contribution < -0.4 is 0 Å². The number of rotatable bonds is 4. The number of nitrogens with zero attached hydrogens (tertiary/aromatic N) is 4. The van der Waals surface area contributed by atoms with Crippen molar-refractivity contribution in [3.05, 3.63) is 35.8 Å². The maximum atomic E-state index is 5.80. The quantitative estimate of drug-likeness (QED) is 0.848. The highest BCUT2D eigenvalue weighted by Gasteiger charge is 2.25.